The SMILES string of the molecule is Cc1nn(Cc2ccccc2)c(C)c1S(=O)(=O)N1CCN(C(=O)c2ccc(C#N)cc2)CC1. The number of nitrogens with zero attached hydrogens (tertiary/aromatic N) is 5. The summed E-state index contributed by atoms with van der Waals surface area (Å²) in [6, 6.07) is 18.3. The van der Waals surface area contributed by atoms with E-state index in [0.717, 1.165) is 5.56 Å². The van der Waals surface area contributed by atoms with Crippen LogP contribution in [0.1, 0.15) is 32.9 Å². The van der Waals surface area contributed by atoms with Crippen LogP contribution in [0.2, 0.25) is 0 Å². The van der Waals surface area contributed by atoms with Gasteiger partial charge in [0.05, 0.1) is 29.6 Å². The average molecular weight is 464 g/mol. The molecule has 0 N–H and O–H groups in total. The van der Waals surface area contributed by atoms with Gasteiger partial charge in [-0.1, -0.05) is 30.3 Å². The summed E-state index contributed by atoms with van der Waals surface area (Å²) in [6.07, 6.45) is 0. The van der Waals surface area contributed by atoms with Gasteiger partial charge in [0.25, 0.3) is 5.91 Å². The number of aromatic nitrogens is 2. The molecule has 3 aromatic rings. The molecule has 0 unspecified atom stereocenters. The molecule has 0 spiro atoms. The second kappa shape index (κ2) is 9.17. The van der Waals surface area contributed by atoms with Crippen molar-refractivity contribution in [2.24, 2.45) is 0 Å². The van der Waals surface area contributed by atoms with Crippen molar-refractivity contribution < 1.29 is 13.2 Å². The molecule has 1 fully saturated rings. The van der Waals surface area contributed by atoms with E-state index in [2.05, 4.69) is 5.10 Å². The molecule has 0 saturated carbocycles. The van der Waals surface area contributed by atoms with Crippen molar-refractivity contribution in [3.63, 3.8) is 0 Å². The summed E-state index contributed by atoms with van der Waals surface area (Å²) in [6.45, 7) is 5.02. The normalized spacial score (nSPS) is 14.8. The van der Waals surface area contributed by atoms with Crippen LogP contribution in [-0.4, -0.2) is 59.5 Å². The maximum absolute atomic E-state index is 13.5. The van der Waals surface area contributed by atoms with Crippen molar-refractivity contribution in [1.82, 2.24) is 19.0 Å². The lowest BCUT2D eigenvalue weighted by Gasteiger charge is -2.34. The van der Waals surface area contributed by atoms with Crippen molar-refractivity contribution >= 4 is 15.9 Å². The number of carbonyl (C=O) groups excluding carboxylic acids is 1. The summed E-state index contributed by atoms with van der Waals surface area (Å²) in [4.78, 5) is 14.7. The number of hydrogen-bond acceptors (Lipinski definition) is 5. The molecule has 33 heavy (non-hydrogen) atoms. The lowest BCUT2D eigenvalue weighted by atomic mass is 10.1. The zero-order chi connectivity index (χ0) is 23.6. The van der Waals surface area contributed by atoms with Gasteiger partial charge in [-0.25, -0.2) is 8.42 Å². The Morgan fingerprint density at radius 2 is 1.64 bits per heavy atom. The molecule has 1 saturated heterocycles. The zero-order valence-corrected chi connectivity index (χ0v) is 19.4. The minimum absolute atomic E-state index is 0.167. The Morgan fingerprint density at radius 1 is 1.00 bits per heavy atom. The number of carbonyl (C=O) groups is 1. The molecule has 1 amide bonds. The first kappa shape index (κ1) is 22.7. The number of benzene rings is 2. The number of rotatable bonds is 5. The number of aryl methyl sites for hydroxylation is 1. The van der Waals surface area contributed by atoms with Crippen molar-refractivity contribution in [2.45, 2.75) is 25.3 Å². The molecule has 170 valence electrons. The minimum atomic E-state index is -3.74. The molecule has 9 heteroatoms. The van der Waals surface area contributed by atoms with Gasteiger partial charge in [0.15, 0.2) is 0 Å². The van der Waals surface area contributed by atoms with Crippen LogP contribution in [0.15, 0.2) is 59.5 Å². The molecule has 0 bridgehead atoms. The fraction of sp³-hybridized carbons (Fsp3) is 0.292. The molecule has 1 aliphatic heterocycles. The fourth-order valence-corrected chi connectivity index (χ4v) is 5.89. The first-order chi connectivity index (χ1) is 15.8. The van der Waals surface area contributed by atoms with E-state index in [4.69, 9.17) is 5.26 Å². The number of hydrogen-bond donors (Lipinski definition) is 0. The van der Waals surface area contributed by atoms with Crippen molar-refractivity contribution in [1.29, 1.82) is 5.26 Å². The first-order valence-corrected chi connectivity index (χ1v) is 12.1. The Kier molecular flexibility index (Phi) is 6.31. The van der Waals surface area contributed by atoms with Gasteiger partial charge < -0.3 is 4.90 Å². The molecule has 4 rings (SSSR count). The average Bonchev–Trinajstić information content (AvgIpc) is 3.12. The molecular formula is C24H25N5O3S. The second-order valence-electron chi connectivity index (χ2n) is 8.03. The topological polar surface area (TPSA) is 99.3 Å². The van der Waals surface area contributed by atoms with Crippen LogP contribution in [0.4, 0.5) is 0 Å². The molecule has 1 aromatic heterocycles. The summed E-state index contributed by atoms with van der Waals surface area (Å²) in [5.41, 5.74) is 3.09. The van der Waals surface area contributed by atoms with E-state index in [1.165, 1.54) is 4.31 Å². The minimum Gasteiger partial charge on any atom is -0.336 e. The smallest absolute Gasteiger partial charge is 0.253 e. The van der Waals surface area contributed by atoms with Crippen molar-refractivity contribution in [2.75, 3.05) is 26.2 Å². The second-order valence-corrected chi connectivity index (χ2v) is 9.90. The van der Waals surface area contributed by atoms with Gasteiger partial charge in [0, 0.05) is 31.7 Å². The van der Waals surface area contributed by atoms with E-state index >= 15 is 0 Å². The number of sulfonamides is 1. The third-order valence-electron chi connectivity index (χ3n) is 5.87. The van der Waals surface area contributed by atoms with Crippen LogP contribution in [0.3, 0.4) is 0 Å². The van der Waals surface area contributed by atoms with Crippen LogP contribution in [-0.2, 0) is 16.6 Å². The van der Waals surface area contributed by atoms with Crippen LogP contribution < -0.4 is 0 Å². The molecule has 1 aliphatic rings. The zero-order valence-electron chi connectivity index (χ0n) is 18.6. The number of amides is 1. The molecule has 2 aromatic carbocycles. The molecule has 2 heterocycles. The first-order valence-electron chi connectivity index (χ1n) is 10.7. The monoisotopic (exact) mass is 463 g/mol. The highest BCUT2D eigenvalue weighted by molar-refractivity contribution is 7.89. The van der Waals surface area contributed by atoms with Gasteiger partial charge in [0.2, 0.25) is 10.0 Å². The van der Waals surface area contributed by atoms with Gasteiger partial charge >= 0.3 is 0 Å². The highest BCUT2D eigenvalue weighted by Crippen LogP contribution is 2.25. The van der Waals surface area contributed by atoms with Gasteiger partial charge in [-0.15, -0.1) is 0 Å². The third kappa shape index (κ3) is 4.53. The number of nitriles is 1. The standard InChI is InChI=1S/C24H25N5O3S/c1-18-23(19(2)29(26-18)17-21-6-4-3-5-7-21)33(31,32)28-14-12-27(13-15-28)24(30)22-10-8-20(16-25)9-11-22/h3-11H,12-15,17H2,1-2H3. The van der Waals surface area contributed by atoms with Crippen LogP contribution >= 0.6 is 0 Å². The van der Waals surface area contributed by atoms with Gasteiger partial charge in [-0.3, -0.25) is 9.48 Å². The van der Waals surface area contributed by atoms with Crippen LogP contribution in [0.5, 0.6) is 0 Å². The van der Waals surface area contributed by atoms with Gasteiger partial charge in [-0.2, -0.15) is 14.7 Å². The van der Waals surface area contributed by atoms with E-state index in [-0.39, 0.29) is 23.9 Å². The highest BCUT2D eigenvalue weighted by Gasteiger charge is 2.34. The summed E-state index contributed by atoms with van der Waals surface area (Å²) in [5, 5.41) is 13.4. The predicted molar refractivity (Wildman–Crippen MR) is 123 cm³/mol. The summed E-state index contributed by atoms with van der Waals surface area (Å²) in [7, 11) is -3.74. The van der Waals surface area contributed by atoms with E-state index in [9.17, 15) is 13.2 Å². The summed E-state index contributed by atoms with van der Waals surface area (Å²) in [5.74, 6) is -0.167. The molecular weight excluding hydrogens is 438 g/mol. The van der Waals surface area contributed by atoms with Crippen molar-refractivity contribution in [3.8, 4) is 6.07 Å². The largest absolute Gasteiger partial charge is 0.336 e. The molecule has 0 aliphatic carbocycles. The maximum Gasteiger partial charge on any atom is 0.253 e. The van der Waals surface area contributed by atoms with Gasteiger partial charge in [-0.05, 0) is 43.7 Å². The highest BCUT2D eigenvalue weighted by atomic mass is 32.2. The Morgan fingerprint density at radius 3 is 2.24 bits per heavy atom. The lowest BCUT2D eigenvalue weighted by molar-refractivity contribution is 0.0698. The van der Waals surface area contributed by atoms with E-state index in [1.807, 2.05) is 36.4 Å². The van der Waals surface area contributed by atoms with Crippen LogP contribution in [0, 0.1) is 25.2 Å². The Balaban J connectivity index is 1.48. The molecule has 0 radical (unpaired) electrons. The summed E-state index contributed by atoms with van der Waals surface area (Å²) >= 11 is 0. The van der Waals surface area contributed by atoms with E-state index in [0.29, 0.717) is 42.1 Å². The van der Waals surface area contributed by atoms with Crippen molar-refractivity contribution in [3.05, 3.63) is 82.7 Å². The van der Waals surface area contributed by atoms with E-state index in [1.54, 1.807) is 47.7 Å². The van der Waals surface area contributed by atoms with Crippen LogP contribution in [0.25, 0.3) is 0 Å². The Labute approximate surface area is 193 Å². The fourth-order valence-electron chi connectivity index (χ4n) is 4.09. The molecule has 8 nitrogen and oxygen atoms in total. The van der Waals surface area contributed by atoms with Gasteiger partial charge in [0.1, 0.15) is 4.90 Å². The lowest BCUT2D eigenvalue weighted by Crippen LogP contribution is -2.50. The Hall–Kier alpha value is -3.48. The quantitative estimate of drug-likeness (QED) is 0.579. The molecule has 0 atom stereocenters. The predicted octanol–water partition coefficient (Wildman–Crippen LogP) is 2.57. The number of piperazine rings is 1. The van der Waals surface area contributed by atoms with E-state index < -0.39 is 10.0 Å². The Bertz CT molecular complexity index is 1300. The third-order valence-corrected chi connectivity index (χ3v) is 8.03. The maximum atomic E-state index is 13.5. The summed E-state index contributed by atoms with van der Waals surface area (Å²) < 4.78 is 30.1.